The predicted octanol–water partition coefficient (Wildman–Crippen LogP) is 4.32. The second-order valence-electron chi connectivity index (χ2n) is 4.86. The molecule has 0 saturated carbocycles. The summed E-state index contributed by atoms with van der Waals surface area (Å²) in [5.41, 5.74) is 1.68. The summed E-state index contributed by atoms with van der Waals surface area (Å²) in [4.78, 5) is 4.56. The number of nitrogens with zero attached hydrogens (tertiary/aromatic N) is 1. The van der Waals surface area contributed by atoms with Crippen LogP contribution in [0, 0.1) is 0 Å². The minimum Gasteiger partial charge on any atom is -0.504 e. The van der Waals surface area contributed by atoms with Gasteiger partial charge in [0.25, 0.3) is 0 Å². The van der Waals surface area contributed by atoms with E-state index in [-0.39, 0.29) is 5.75 Å². The molecule has 3 aromatic rings. The zero-order valence-corrected chi connectivity index (χ0v) is 13.6. The summed E-state index contributed by atoms with van der Waals surface area (Å²) >= 11 is 3.45. The van der Waals surface area contributed by atoms with E-state index in [4.69, 9.17) is 4.74 Å². The van der Waals surface area contributed by atoms with E-state index in [1.54, 1.807) is 6.07 Å². The van der Waals surface area contributed by atoms with Gasteiger partial charge in [0, 0.05) is 22.0 Å². The lowest BCUT2D eigenvalue weighted by atomic mass is 10.2. The number of rotatable bonds is 4. The van der Waals surface area contributed by atoms with Gasteiger partial charge in [0.1, 0.15) is 5.82 Å². The van der Waals surface area contributed by atoms with Crippen molar-refractivity contribution in [2.24, 2.45) is 0 Å². The lowest BCUT2D eigenvalue weighted by molar-refractivity contribution is 0.371. The van der Waals surface area contributed by atoms with Crippen molar-refractivity contribution in [2.75, 3.05) is 12.4 Å². The quantitative estimate of drug-likeness (QED) is 0.728. The minimum atomic E-state index is 0.155. The van der Waals surface area contributed by atoms with Gasteiger partial charge in [-0.25, -0.2) is 4.98 Å². The summed E-state index contributed by atoms with van der Waals surface area (Å²) in [5.74, 6) is 1.38. The van der Waals surface area contributed by atoms with E-state index in [9.17, 15) is 5.11 Å². The minimum absolute atomic E-state index is 0.155. The first-order valence-electron chi connectivity index (χ1n) is 6.82. The maximum absolute atomic E-state index is 10.1. The average Bonchev–Trinajstić information content (AvgIpc) is 2.54. The fraction of sp³-hybridized carbons (Fsp3) is 0.118. The van der Waals surface area contributed by atoms with Crippen molar-refractivity contribution < 1.29 is 9.84 Å². The molecule has 0 saturated heterocycles. The van der Waals surface area contributed by atoms with Crippen LogP contribution < -0.4 is 10.1 Å². The first kappa shape index (κ1) is 14.7. The Bertz CT molecular complexity index is 821. The molecule has 112 valence electrons. The van der Waals surface area contributed by atoms with Gasteiger partial charge >= 0.3 is 0 Å². The number of nitrogens with one attached hydrogen (secondary N) is 1. The van der Waals surface area contributed by atoms with E-state index >= 15 is 0 Å². The van der Waals surface area contributed by atoms with Crippen LogP contribution in [-0.4, -0.2) is 17.2 Å². The number of fused-ring (bicyclic) bond motifs is 1. The van der Waals surface area contributed by atoms with Crippen molar-refractivity contribution in [1.82, 2.24) is 4.98 Å². The fourth-order valence-corrected chi connectivity index (χ4v) is 2.63. The molecule has 2 N–H and O–H groups in total. The van der Waals surface area contributed by atoms with Gasteiger partial charge < -0.3 is 15.2 Å². The lowest BCUT2D eigenvalue weighted by Gasteiger charge is -2.10. The van der Waals surface area contributed by atoms with E-state index in [0.717, 1.165) is 26.8 Å². The smallest absolute Gasteiger partial charge is 0.162 e. The topological polar surface area (TPSA) is 54.4 Å². The summed E-state index contributed by atoms with van der Waals surface area (Å²) in [6, 6.07) is 15.3. The van der Waals surface area contributed by atoms with E-state index in [2.05, 4.69) is 26.2 Å². The molecule has 0 aliphatic rings. The van der Waals surface area contributed by atoms with Gasteiger partial charge in [0.2, 0.25) is 0 Å². The Morgan fingerprint density at radius 2 is 2.05 bits per heavy atom. The number of aromatic hydroxyl groups is 1. The van der Waals surface area contributed by atoms with Gasteiger partial charge in [0.05, 0.1) is 12.6 Å². The van der Waals surface area contributed by atoms with Gasteiger partial charge in [-0.3, -0.25) is 0 Å². The third-order valence-electron chi connectivity index (χ3n) is 3.41. The van der Waals surface area contributed by atoms with Crippen molar-refractivity contribution in [3.63, 3.8) is 0 Å². The van der Waals surface area contributed by atoms with E-state index < -0.39 is 0 Å². The number of anilines is 1. The summed E-state index contributed by atoms with van der Waals surface area (Å²) in [7, 11) is 1.54. The summed E-state index contributed by atoms with van der Waals surface area (Å²) in [5, 5.41) is 14.4. The molecule has 1 heterocycles. The van der Waals surface area contributed by atoms with Crippen LogP contribution in [0.5, 0.6) is 11.5 Å². The number of benzene rings is 2. The van der Waals surface area contributed by atoms with Gasteiger partial charge in [-0.15, -0.1) is 0 Å². The Morgan fingerprint density at radius 1 is 1.18 bits per heavy atom. The van der Waals surface area contributed by atoms with Crippen molar-refractivity contribution in [1.29, 1.82) is 0 Å². The zero-order chi connectivity index (χ0) is 15.5. The molecule has 22 heavy (non-hydrogen) atoms. The van der Waals surface area contributed by atoms with Crippen LogP contribution in [0.1, 0.15) is 5.56 Å². The standard InChI is InChI=1S/C17H15BrN2O2/c1-22-15-4-2-3-12(17(15)21)10-19-16-8-5-11-9-13(18)6-7-14(11)20-16/h2-9,21H,10H2,1H3,(H,19,20). The molecule has 4 nitrogen and oxygen atoms in total. The molecule has 0 fully saturated rings. The molecule has 0 atom stereocenters. The first-order chi connectivity index (χ1) is 10.7. The van der Waals surface area contributed by atoms with Crippen LogP contribution in [0.25, 0.3) is 10.9 Å². The van der Waals surface area contributed by atoms with Crippen LogP contribution in [0.15, 0.2) is 53.0 Å². The molecule has 0 radical (unpaired) electrons. The fourth-order valence-electron chi connectivity index (χ4n) is 2.26. The van der Waals surface area contributed by atoms with Crippen LogP contribution >= 0.6 is 15.9 Å². The molecule has 0 unspecified atom stereocenters. The normalized spacial score (nSPS) is 10.6. The molecule has 0 aliphatic carbocycles. The van der Waals surface area contributed by atoms with Crippen LogP contribution in [-0.2, 0) is 6.54 Å². The number of para-hydroxylation sites is 1. The lowest BCUT2D eigenvalue weighted by Crippen LogP contribution is -2.02. The van der Waals surface area contributed by atoms with E-state index in [1.807, 2.05) is 42.5 Å². The highest BCUT2D eigenvalue weighted by atomic mass is 79.9. The Kier molecular flexibility index (Phi) is 4.15. The molecule has 0 bridgehead atoms. The summed E-state index contributed by atoms with van der Waals surface area (Å²) in [6.07, 6.45) is 0. The Balaban J connectivity index is 1.81. The third kappa shape index (κ3) is 2.99. The highest BCUT2D eigenvalue weighted by Gasteiger charge is 2.07. The monoisotopic (exact) mass is 358 g/mol. The Morgan fingerprint density at radius 3 is 2.86 bits per heavy atom. The number of pyridine rings is 1. The number of phenols is 1. The zero-order valence-electron chi connectivity index (χ0n) is 12.0. The largest absolute Gasteiger partial charge is 0.504 e. The molecule has 0 amide bonds. The number of hydrogen-bond donors (Lipinski definition) is 2. The third-order valence-corrected chi connectivity index (χ3v) is 3.91. The Hall–Kier alpha value is -2.27. The molecular formula is C17H15BrN2O2. The SMILES string of the molecule is COc1cccc(CNc2ccc3cc(Br)ccc3n2)c1O. The number of hydrogen-bond acceptors (Lipinski definition) is 4. The van der Waals surface area contributed by atoms with Crippen molar-refractivity contribution in [2.45, 2.75) is 6.54 Å². The number of aromatic nitrogens is 1. The van der Waals surface area contributed by atoms with Crippen LogP contribution in [0.2, 0.25) is 0 Å². The Labute approximate surface area is 136 Å². The van der Waals surface area contributed by atoms with Crippen molar-refractivity contribution >= 4 is 32.7 Å². The molecular weight excluding hydrogens is 344 g/mol. The highest BCUT2D eigenvalue weighted by molar-refractivity contribution is 9.10. The molecule has 5 heteroatoms. The molecule has 0 aliphatic heterocycles. The van der Waals surface area contributed by atoms with Gasteiger partial charge in [-0.1, -0.05) is 28.1 Å². The predicted molar refractivity (Wildman–Crippen MR) is 91.4 cm³/mol. The van der Waals surface area contributed by atoms with Gasteiger partial charge in [0.15, 0.2) is 11.5 Å². The van der Waals surface area contributed by atoms with Crippen molar-refractivity contribution in [3.05, 3.63) is 58.6 Å². The average molecular weight is 359 g/mol. The summed E-state index contributed by atoms with van der Waals surface area (Å²) in [6.45, 7) is 0.470. The number of halogens is 1. The maximum Gasteiger partial charge on any atom is 0.162 e. The van der Waals surface area contributed by atoms with Crippen molar-refractivity contribution in [3.8, 4) is 11.5 Å². The van der Waals surface area contributed by atoms with Crippen LogP contribution in [0.3, 0.4) is 0 Å². The molecule has 1 aromatic heterocycles. The number of methoxy groups -OCH3 is 1. The summed E-state index contributed by atoms with van der Waals surface area (Å²) < 4.78 is 6.14. The first-order valence-corrected chi connectivity index (χ1v) is 7.62. The molecule has 0 spiro atoms. The van der Waals surface area contributed by atoms with Crippen LogP contribution in [0.4, 0.5) is 5.82 Å². The van der Waals surface area contributed by atoms with E-state index in [1.165, 1.54) is 7.11 Å². The maximum atomic E-state index is 10.1. The highest BCUT2D eigenvalue weighted by Crippen LogP contribution is 2.29. The second kappa shape index (κ2) is 6.23. The second-order valence-corrected chi connectivity index (χ2v) is 5.77. The molecule has 3 rings (SSSR count). The molecule has 2 aromatic carbocycles. The number of phenolic OH excluding ortho intramolecular Hbond substituents is 1. The van der Waals surface area contributed by atoms with Gasteiger partial charge in [-0.2, -0.15) is 0 Å². The number of ether oxygens (including phenoxy) is 1. The van der Waals surface area contributed by atoms with E-state index in [0.29, 0.717) is 12.3 Å². The van der Waals surface area contributed by atoms with Gasteiger partial charge in [-0.05, 0) is 36.4 Å².